The zero-order chi connectivity index (χ0) is 15.4. The van der Waals surface area contributed by atoms with Gasteiger partial charge < -0.3 is 15.3 Å². The molecule has 0 spiro atoms. The minimum atomic E-state index is -1.09. The molecule has 21 heavy (non-hydrogen) atoms. The first-order valence-corrected chi connectivity index (χ1v) is 8.14. The number of rotatable bonds is 3. The van der Waals surface area contributed by atoms with E-state index < -0.39 is 5.97 Å². The standard InChI is InChI=1S/C14H17ClN2O3S/c1-2-10-8-17(5-6-21-10)14(20)16-9-3-4-11(13(18)19)12(15)7-9/h3-4,7,10H,2,5-6,8H2,1H3,(H,16,20)(H,18,19). The number of hydrogen-bond acceptors (Lipinski definition) is 3. The van der Waals surface area contributed by atoms with Gasteiger partial charge in [0, 0.05) is 29.8 Å². The fourth-order valence-electron chi connectivity index (χ4n) is 2.12. The molecular formula is C14H17ClN2O3S. The van der Waals surface area contributed by atoms with Crippen molar-refractivity contribution >= 4 is 41.1 Å². The SMILES string of the molecule is CCC1CN(C(=O)Nc2ccc(C(=O)O)c(Cl)c2)CCS1. The lowest BCUT2D eigenvalue weighted by molar-refractivity contribution is 0.0697. The molecule has 0 aliphatic carbocycles. The van der Waals surface area contributed by atoms with Gasteiger partial charge >= 0.3 is 12.0 Å². The largest absolute Gasteiger partial charge is 0.478 e. The molecule has 0 bridgehead atoms. The van der Waals surface area contributed by atoms with Gasteiger partial charge in [0.1, 0.15) is 0 Å². The number of nitrogens with one attached hydrogen (secondary N) is 1. The van der Waals surface area contributed by atoms with Crippen LogP contribution >= 0.6 is 23.4 Å². The number of carboxylic acid groups (broad SMARTS) is 1. The Morgan fingerprint density at radius 2 is 2.29 bits per heavy atom. The average Bonchev–Trinajstić information content (AvgIpc) is 2.47. The topological polar surface area (TPSA) is 69.6 Å². The molecular weight excluding hydrogens is 312 g/mol. The predicted octanol–water partition coefficient (Wildman–Crippen LogP) is 3.40. The van der Waals surface area contributed by atoms with Gasteiger partial charge in [-0.3, -0.25) is 0 Å². The summed E-state index contributed by atoms with van der Waals surface area (Å²) in [7, 11) is 0. The molecule has 1 aromatic rings. The highest BCUT2D eigenvalue weighted by Crippen LogP contribution is 2.23. The van der Waals surface area contributed by atoms with E-state index in [1.807, 2.05) is 11.8 Å². The van der Waals surface area contributed by atoms with E-state index in [9.17, 15) is 9.59 Å². The molecule has 5 nitrogen and oxygen atoms in total. The van der Waals surface area contributed by atoms with Gasteiger partial charge in [0.05, 0.1) is 10.6 Å². The number of carboxylic acids is 1. The second-order valence-corrected chi connectivity index (χ2v) is 6.59. The third-order valence-corrected chi connectivity index (χ3v) is 5.02. The van der Waals surface area contributed by atoms with Crippen LogP contribution in [-0.4, -0.2) is 46.1 Å². The Kier molecular flexibility index (Phi) is 5.36. The van der Waals surface area contributed by atoms with Crippen LogP contribution < -0.4 is 5.32 Å². The van der Waals surface area contributed by atoms with E-state index in [2.05, 4.69) is 12.2 Å². The maximum Gasteiger partial charge on any atom is 0.337 e. The second-order valence-electron chi connectivity index (χ2n) is 4.78. The van der Waals surface area contributed by atoms with Crippen LogP contribution in [0.1, 0.15) is 23.7 Å². The number of thioether (sulfide) groups is 1. The smallest absolute Gasteiger partial charge is 0.337 e. The Hall–Kier alpha value is -1.40. The molecule has 1 atom stereocenters. The molecule has 0 radical (unpaired) electrons. The number of urea groups is 1. The quantitative estimate of drug-likeness (QED) is 0.892. The molecule has 114 valence electrons. The summed E-state index contributed by atoms with van der Waals surface area (Å²) >= 11 is 7.78. The van der Waals surface area contributed by atoms with Gasteiger partial charge in [0.2, 0.25) is 0 Å². The second kappa shape index (κ2) is 7.04. The fraction of sp³-hybridized carbons (Fsp3) is 0.429. The number of amides is 2. The highest BCUT2D eigenvalue weighted by Gasteiger charge is 2.23. The van der Waals surface area contributed by atoms with E-state index in [0.29, 0.717) is 17.5 Å². The summed E-state index contributed by atoms with van der Waals surface area (Å²) in [5.41, 5.74) is 0.524. The first-order valence-electron chi connectivity index (χ1n) is 6.71. The van der Waals surface area contributed by atoms with Gasteiger partial charge in [-0.1, -0.05) is 18.5 Å². The van der Waals surface area contributed by atoms with Crippen molar-refractivity contribution in [3.8, 4) is 0 Å². The van der Waals surface area contributed by atoms with Crippen molar-refractivity contribution in [2.75, 3.05) is 24.2 Å². The predicted molar refractivity (Wildman–Crippen MR) is 85.5 cm³/mol. The number of aromatic carboxylic acids is 1. The molecule has 0 aromatic heterocycles. The maximum atomic E-state index is 12.2. The van der Waals surface area contributed by atoms with Crippen molar-refractivity contribution in [1.82, 2.24) is 4.90 Å². The van der Waals surface area contributed by atoms with Gasteiger partial charge in [-0.25, -0.2) is 9.59 Å². The molecule has 1 aliphatic rings. The summed E-state index contributed by atoms with van der Waals surface area (Å²) in [6.45, 7) is 3.56. The van der Waals surface area contributed by atoms with E-state index in [1.54, 1.807) is 11.0 Å². The van der Waals surface area contributed by atoms with Crippen molar-refractivity contribution < 1.29 is 14.7 Å². The molecule has 0 saturated carbocycles. The van der Waals surface area contributed by atoms with Crippen molar-refractivity contribution in [2.45, 2.75) is 18.6 Å². The minimum Gasteiger partial charge on any atom is -0.478 e. The average molecular weight is 329 g/mol. The zero-order valence-electron chi connectivity index (χ0n) is 11.6. The lowest BCUT2D eigenvalue weighted by Gasteiger charge is -2.31. The Balaban J connectivity index is 2.02. The molecule has 2 N–H and O–H groups in total. The molecule has 2 rings (SSSR count). The Morgan fingerprint density at radius 3 is 2.90 bits per heavy atom. The highest BCUT2D eigenvalue weighted by atomic mass is 35.5. The van der Waals surface area contributed by atoms with Gasteiger partial charge in [0.25, 0.3) is 0 Å². The monoisotopic (exact) mass is 328 g/mol. The number of nitrogens with zero attached hydrogens (tertiary/aromatic N) is 1. The van der Waals surface area contributed by atoms with Gasteiger partial charge in [-0.2, -0.15) is 11.8 Å². The van der Waals surface area contributed by atoms with E-state index in [-0.39, 0.29) is 16.6 Å². The number of benzene rings is 1. The summed E-state index contributed by atoms with van der Waals surface area (Å²) in [5, 5.41) is 12.3. The molecule has 1 heterocycles. The Bertz CT molecular complexity index is 553. The molecule has 1 aromatic carbocycles. The Morgan fingerprint density at radius 1 is 1.52 bits per heavy atom. The van der Waals surface area contributed by atoms with Crippen LogP contribution in [0.2, 0.25) is 5.02 Å². The number of halogens is 1. The lowest BCUT2D eigenvalue weighted by atomic mass is 10.2. The molecule has 7 heteroatoms. The van der Waals surface area contributed by atoms with Crippen LogP contribution in [0.25, 0.3) is 0 Å². The molecule has 1 saturated heterocycles. The van der Waals surface area contributed by atoms with Gasteiger partial charge in [-0.15, -0.1) is 0 Å². The van der Waals surface area contributed by atoms with E-state index in [1.165, 1.54) is 12.1 Å². The fourth-order valence-corrected chi connectivity index (χ4v) is 3.56. The third-order valence-electron chi connectivity index (χ3n) is 3.33. The van der Waals surface area contributed by atoms with Gasteiger partial charge in [0.15, 0.2) is 0 Å². The van der Waals surface area contributed by atoms with E-state index in [4.69, 9.17) is 16.7 Å². The zero-order valence-corrected chi connectivity index (χ0v) is 13.2. The van der Waals surface area contributed by atoms with E-state index >= 15 is 0 Å². The summed E-state index contributed by atoms with van der Waals surface area (Å²) in [6.07, 6.45) is 1.04. The normalized spacial score (nSPS) is 18.4. The molecule has 1 fully saturated rings. The minimum absolute atomic E-state index is 0.0232. The van der Waals surface area contributed by atoms with E-state index in [0.717, 1.165) is 18.7 Å². The molecule has 1 unspecified atom stereocenters. The third kappa shape index (κ3) is 4.04. The van der Waals surface area contributed by atoms with Crippen LogP contribution in [0.15, 0.2) is 18.2 Å². The first kappa shape index (κ1) is 16.0. The number of carbonyl (C=O) groups is 2. The lowest BCUT2D eigenvalue weighted by Crippen LogP contribution is -2.43. The van der Waals surface area contributed by atoms with Crippen LogP contribution in [0.3, 0.4) is 0 Å². The van der Waals surface area contributed by atoms with Crippen molar-refractivity contribution in [3.05, 3.63) is 28.8 Å². The van der Waals surface area contributed by atoms with Crippen molar-refractivity contribution in [3.63, 3.8) is 0 Å². The van der Waals surface area contributed by atoms with Crippen LogP contribution in [0.5, 0.6) is 0 Å². The first-order chi connectivity index (χ1) is 10.0. The number of carbonyl (C=O) groups excluding carboxylic acids is 1. The van der Waals surface area contributed by atoms with Crippen molar-refractivity contribution in [2.24, 2.45) is 0 Å². The number of anilines is 1. The molecule has 2 amide bonds. The molecule has 1 aliphatic heterocycles. The van der Waals surface area contributed by atoms with Crippen LogP contribution in [-0.2, 0) is 0 Å². The Labute approximate surface area is 132 Å². The van der Waals surface area contributed by atoms with Crippen LogP contribution in [0.4, 0.5) is 10.5 Å². The summed E-state index contributed by atoms with van der Waals surface area (Å²) in [6, 6.07) is 4.22. The number of hydrogen-bond donors (Lipinski definition) is 2. The summed E-state index contributed by atoms with van der Waals surface area (Å²) in [4.78, 5) is 24.9. The van der Waals surface area contributed by atoms with Crippen molar-refractivity contribution in [1.29, 1.82) is 0 Å². The van der Waals surface area contributed by atoms with Gasteiger partial charge in [-0.05, 0) is 24.6 Å². The van der Waals surface area contributed by atoms with Crippen LogP contribution in [0, 0.1) is 0 Å². The maximum absolute atomic E-state index is 12.2. The highest BCUT2D eigenvalue weighted by molar-refractivity contribution is 8.00. The summed E-state index contributed by atoms with van der Waals surface area (Å²) in [5.74, 6) is -0.151. The summed E-state index contributed by atoms with van der Waals surface area (Å²) < 4.78 is 0.